The zero-order valence-electron chi connectivity index (χ0n) is 15.4. The van der Waals surface area contributed by atoms with E-state index in [9.17, 15) is 5.11 Å². The van der Waals surface area contributed by atoms with Crippen molar-refractivity contribution in [3.05, 3.63) is 71.8 Å². The highest BCUT2D eigenvalue weighted by molar-refractivity contribution is 5.52. The number of hydrogen-bond acceptors (Lipinski definition) is 3. The zero-order chi connectivity index (χ0) is 18.1. The van der Waals surface area contributed by atoms with Gasteiger partial charge in [-0.25, -0.2) is 0 Å². The maximum absolute atomic E-state index is 9.98. The molecule has 0 amide bonds. The quantitative estimate of drug-likeness (QED) is 0.812. The van der Waals surface area contributed by atoms with Gasteiger partial charge in [0, 0.05) is 17.0 Å². The third-order valence-electron chi connectivity index (χ3n) is 4.76. The van der Waals surface area contributed by atoms with Gasteiger partial charge >= 0.3 is 0 Å². The second-order valence-electron chi connectivity index (χ2n) is 7.79. The van der Waals surface area contributed by atoms with E-state index in [-0.39, 0.29) is 16.7 Å². The average Bonchev–Trinajstić information content (AvgIpc) is 2.99. The van der Waals surface area contributed by atoms with Crippen LogP contribution in [0.3, 0.4) is 0 Å². The van der Waals surface area contributed by atoms with Crippen LogP contribution < -0.4 is 10.1 Å². The number of allylic oxidation sites excluding steroid dienone is 1. The molecule has 2 atom stereocenters. The van der Waals surface area contributed by atoms with Gasteiger partial charge in [0.1, 0.15) is 0 Å². The smallest absolute Gasteiger partial charge is 0.160 e. The number of benzene rings is 2. The molecule has 0 bridgehead atoms. The van der Waals surface area contributed by atoms with E-state index >= 15 is 0 Å². The molecule has 132 valence electrons. The molecule has 0 aromatic heterocycles. The summed E-state index contributed by atoms with van der Waals surface area (Å²) in [6, 6.07) is 16.5. The number of ether oxygens (including phenoxy) is 1. The van der Waals surface area contributed by atoms with Crippen molar-refractivity contribution in [2.24, 2.45) is 0 Å². The van der Waals surface area contributed by atoms with Crippen molar-refractivity contribution in [2.75, 3.05) is 7.11 Å². The van der Waals surface area contributed by atoms with Crippen LogP contribution in [0.1, 0.15) is 38.3 Å². The minimum Gasteiger partial charge on any atom is -0.504 e. The fraction of sp³-hybridized carbons (Fsp3) is 0.364. The molecule has 1 aliphatic rings. The van der Waals surface area contributed by atoms with Gasteiger partial charge in [-0.2, -0.15) is 0 Å². The number of hydrogen-bond donors (Lipinski definition) is 2. The van der Waals surface area contributed by atoms with Gasteiger partial charge in [-0.3, -0.25) is 0 Å². The van der Waals surface area contributed by atoms with Crippen LogP contribution in [0, 0.1) is 0 Å². The van der Waals surface area contributed by atoms with Crippen molar-refractivity contribution in [3.63, 3.8) is 0 Å². The predicted octanol–water partition coefficient (Wildman–Crippen LogP) is 4.40. The normalized spacial score (nSPS) is 23.0. The number of phenols is 1. The van der Waals surface area contributed by atoms with Crippen LogP contribution in [0.4, 0.5) is 0 Å². The van der Waals surface area contributed by atoms with Gasteiger partial charge in [0.05, 0.1) is 7.11 Å². The van der Waals surface area contributed by atoms with Gasteiger partial charge < -0.3 is 15.2 Å². The molecule has 0 unspecified atom stereocenters. The highest BCUT2D eigenvalue weighted by Crippen LogP contribution is 2.44. The highest BCUT2D eigenvalue weighted by Gasteiger charge is 2.39. The molecule has 2 N–H and O–H groups in total. The Morgan fingerprint density at radius 2 is 1.80 bits per heavy atom. The van der Waals surface area contributed by atoms with E-state index < -0.39 is 0 Å². The largest absolute Gasteiger partial charge is 0.504 e. The molecule has 3 nitrogen and oxygen atoms in total. The van der Waals surface area contributed by atoms with Crippen molar-refractivity contribution in [2.45, 2.75) is 44.2 Å². The molecule has 25 heavy (non-hydrogen) atoms. The van der Waals surface area contributed by atoms with Gasteiger partial charge in [0.25, 0.3) is 0 Å². The maximum Gasteiger partial charge on any atom is 0.160 e. The Morgan fingerprint density at radius 3 is 2.44 bits per heavy atom. The van der Waals surface area contributed by atoms with Crippen molar-refractivity contribution in [3.8, 4) is 11.5 Å². The molecule has 3 rings (SSSR count). The molecule has 0 fully saturated rings. The van der Waals surface area contributed by atoms with Crippen molar-refractivity contribution in [1.82, 2.24) is 5.32 Å². The first-order valence-electron chi connectivity index (χ1n) is 8.74. The van der Waals surface area contributed by atoms with Crippen molar-refractivity contribution >= 4 is 0 Å². The van der Waals surface area contributed by atoms with Gasteiger partial charge in [-0.15, -0.1) is 0 Å². The summed E-state index contributed by atoms with van der Waals surface area (Å²) in [6.45, 7) is 6.56. The molecule has 0 aliphatic heterocycles. The zero-order valence-corrected chi connectivity index (χ0v) is 15.4. The lowest BCUT2D eigenvalue weighted by molar-refractivity contribution is 0.365. The first-order valence-corrected chi connectivity index (χ1v) is 8.74. The number of rotatable bonds is 4. The first-order chi connectivity index (χ1) is 11.8. The summed E-state index contributed by atoms with van der Waals surface area (Å²) in [5, 5.41) is 13.7. The van der Waals surface area contributed by atoms with Crippen LogP contribution in [0.25, 0.3) is 0 Å². The number of methoxy groups -OCH3 is 1. The first kappa shape index (κ1) is 17.6. The summed E-state index contributed by atoms with van der Waals surface area (Å²) in [6.07, 6.45) is 5.48. The van der Waals surface area contributed by atoms with Crippen LogP contribution in [-0.2, 0) is 5.41 Å². The van der Waals surface area contributed by atoms with Crippen LogP contribution in [-0.4, -0.2) is 23.8 Å². The second kappa shape index (κ2) is 6.57. The molecule has 0 saturated heterocycles. The standard InChI is InChI=1S/C22H27NO2/c1-21(2,3)23-18-12-13-22(15-18,16-8-6-5-7-9-16)17-10-11-19(24)20(14-17)25-4/h5-14,18,23-24H,15H2,1-4H3/t18-,22-/m1/s1. The molecular weight excluding hydrogens is 310 g/mol. The highest BCUT2D eigenvalue weighted by atomic mass is 16.5. The van der Waals surface area contributed by atoms with E-state index in [2.05, 4.69) is 62.5 Å². The molecule has 2 aromatic rings. The molecule has 2 aromatic carbocycles. The van der Waals surface area contributed by atoms with E-state index in [0.717, 1.165) is 12.0 Å². The lowest BCUT2D eigenvalue weighted by atomic mass is 9.73. The topological polar surface area (TPSA) is 41.5 Å². The van der Waals surface area contributed by atoms with Crippen LogP contribution in [0.15, 0.2) is 60.7 Å². The Hall–Kier alpha value is -2.26. The van der Waals surface area contributed by atoms with Gasteiger partial charge in [-0.1, -0.05) is 48.6 Å². The second-order valence-corrected chi connectivity index (χ2v) is 7.79. The van der Waals surface area contributed by atoms with Gasteiger partial charge in [0.2, 0.25) is 0 Å². The maximum atomic E-state index is 9.98. The molecule has 1 aliphatic carbocycles. The van der Waals surface area contributed by atoms with Gasteiger partial charge in [0.15, 0.2) is 11.5 Å². The minimum absolute atomic E-state index is 0.0500. The number of aromatic hydroxyl groups is 1. The lowest BCUT2D eigenvalue weighted by Gasteiger charge is -2.33. The SMILES string of the molecule is COc1cc([C@]2(c3ccccc3)C=C[C@@H](NC(C)(C)C)C2)ccc1O. The Kier molecular flexibility index (Phi) is 4.61. The van der Waals surface area contributed by atoms with Crippen LogP contribution >= 0.6 is 0 Å². The summed E-state index contributed by atoms with van der Waals surface area (Å²) < 4.78 is 5.34. The Labute approximate surface area is 150 Å². The summed E-state index contributed by atoms with van der Waals surface area (Å²) in [7, 11) is 1.59. The van der Waals surface area contributed by atoms with E-state index in [4.69, 9.17) is 4.74 Å². The number of phenolic OH excluding ortho intramolecular Hbond substituents is 1. The fourth-order valence-electron chi connectivity index (χ4n) is 3.70. The molecule has 3 heteroatoms. The average molecular weight is 337 g/mol. The molecule has 0 spiro atoms. The van der Waals surface area contributed by atoms with Crippen LogP contribution in [0.2, 0.25) is 0 Å². The summed E-state index contributed by atoms with van der Waals surface area (Å²) in [4.78, 5) is 0. The fourth-order valence-corrected chi connectivity index (χ4v) is 3.70. The summed E-state index contributed by atoms with van der Waals surface area (Å²) in [5.74, 6) is 0.675. The van der Waals surface area contributed by atoms with Crippen LogP contribution in [0.5, 0.6) is 11.5 Å². The Bertz CT molecular complexity index is 761. The molecule has 0 radical (unpaired) electrons. The number of nitrogens with one attached hydrogen (secondary N) is 1. The predicted molar refractivity (Wildman–Crippen MR) is 102 cm³/mol. The third kappa shape index (κ3) is 3.57. The monoisotopic (exact) mass is 337 g/mol. The van der Waals surface area contributed by atoms with E-state index in [0.29, 0.717) is 11.8 Å². The summed E-state index contributed by atoms with van der Waals surface area (Å²) in [5.41, 5.74) is 2.19. The van der Waals surface area contributed by atoms with E-state index in [1.807, 2.05) is 18.2 Å². The lowest BCUT2D eigenvalue weighted by Crippen LogP contribution is -2.43. The molecular formula is C22H27NO2. The Balaban J connectivity index is 2.05. The molecule has 0 saturated carbocycles. The van der Waals surface area contributed by atoms with E-state index in [1.165, 1.54) is 5.56 Å². The third-order valence-corrected chi connectivity index (χ3v) is 4.76. The Morgan fingerprint density at radius 1 is 1.08 bits per heavy atom. The minimum atomic E-state index is -0.231. The van der Waals surface area contributed by atoms with Crippen molar-refractivity contribution in [1.29, 1.82) is 0 Å². The van der Waals surface area contributed by atoms with Crippen molar-refractivity contribution < 1.29 is 9.84 Å². The van der Waals surface area contributed by atoms with Gasteiger partial charge in [-0.05, 0) is 50.5 Å². The molecule has 0 heterocycles. The van der Waals surface area contributed by atoms with E-state index in [1.54, 1.807) is 13.2 Å². The summed E-state index contributed by atoms with van der Waals surface area (Å²) >= 11 is 0.